The van der Waals surface area contributed by atoms with Crippen LogP contribution in [0, 0.1) is 5.82 Å². The average molecular weight is 216 g/mol. The Morgan fingerprint density at radius 2 is 1.81 bits per heavy atom. The van der Waals surface area contributed by atoms with Gasteiger partial charge in [0.2, 0.25) is 0 Å². The number of nitrogens with zero attached hydrogens (tertiary/aromatic N) is 1. The number of rotatable bonds is 2. The molecule has 0 spiro atoms. The zero-order valence-corrected chi connectivity index (χ0v) is 9.02. The minimum absolute atomic E-state index is 0.0187. The van der Waals surface area contributed by atoms with E-state index < -0.39 is 0 Å². The molecule has 0 aliphatic heterocycles. The minimum Gasteiger partial charge on any atom is -0.324 e. The van der Waals surface area contributed by atoms with E-state index in [1.807, 2.05) is 19.1 Å². The van der Waals surface area contributed by atoms with Gasteiger partial charge in [0.1, 0.15) is 5.82 Å². The molecule has 3 heteroatoms. The molecule has 1 atom stereocenters. The second-order valence-corrected chi connectivity index (χ2v) is 3.77. The summed E-state index contributed by atoms with van der Waals surface area (Å²) in [5.74, 6) is -0.240. The fourth-order valence-corrected chi connectivity index (χ4v) is 1.47. The summed E-state index contributed by atoms with van der Waals surface area (Å²) in [7, 11) is 0. The summed E-state index contributed by atoms with van der Waals surface area (Å²) in [6.07, 6.45) is 1.75. The number of benzene rings is 1. The molecular formula is C13H13FN2. The van der Waals surface area contributed by atoms with Gasteiger partial charge in [-0.05, 0) is 42.8 Å². The third kappa shape index (κ3) is 2.25. The summed E-state index contributed by atoms with van der Waals surface area (Å²) in [5.41, 5.74) is 8.45. The van der Waals surface area contributed by atoms with Crippen LogP contribution in [0.4, 0.5) is 4.39 Å². The Hall–Kier alpha value is -1.74. The van der Waals surface area contributed by atoms with Crippen molar-refractivity contribution in [1.29, 1.82) is 0 Å². The largest absolute Gasteiger partial charge is 0.324 e. The van der Waals surface area contributed by atoms with Gasteiger partial charge in [-0.3, -0.25) is 4.98 Å². The van der Waals surface area contributed by atoms with E-state index in [0.29, 0.717) is 0 Å². The van der Waals surface area contributed by atoms with E-state index in [1.54, 1.807) is 18.3 Å². The molecule has 1 heterocycles. The molecule has 0 saturated heterocycles. The summed E-state index contributed by atoms with van der Waals surface area (Å²) in [6, 6.07) is 10.1. The lowest BCUT2D eigenvalue weighted by atomic mass is 10.1. The van der Waals surface area contributed by atoms with Crippen molar-refractivity contribution in [3.63, 3.8) is 0 Å². The highest BCUT2D eigenvalue weighted by molar-refractivity contribution is 5.58. The number of aromatic nitrogens is 1. The molecule has 0 amide bonds. The first kappa shape index (κ1) is 10.8. The van der Waals surface area contributed by atoms with Crippen LogP contribution in [0.3, 0.4) is 0 Å². The molecule has 2 nitrogen and oxygen atoms in total. The average Bonchev–Trinajstić information content (AvgIpc) is 2.30. The first-order valence-corrected chi connectivity index (χ1v) is 5.14. The molecule has 0 saturated carbocycles. The minimum atomic E-state index is -0.240. The summed E-state index contributed by atoms with van der Waals surface area (Å²) < 4.78 is 12.7. The predicted octanol–water partition coefficient (Wildman–Crippen LogP) is 2.91. The molecule has 0 radical (unpaired) electrons. The van der Waals surface area contributed by atoms with Gasteiger partial charge in [-0.1, -0.05) is 6.07 Å². The molecule has 0 aliphatic carbocycles. The Kier molecular flexibility index (Phi) is 2.97. The lowest BCUT2D eigenvalue weighted by Gasteiger charge is -2.06. The van der Waals surface area contributed by atoms with Crippen LogP contribution in [0.15, 0.2) is 42.6 Å². The van der Waals surface area contributed by atoms with Gasteiger partial charge in [-0.2, -0.15) is 0 Å². The van der Waals surface area contributed by atoms with Gasteiger partial charge < -0.3 is 5.73 Å². The lowest BCUT2D eigenvalue weighted by Crippen LogP contribution is -2.05. The third-order valence-electron chi connectivity index (χ3n) is 2.45. The van der Waals surface area contributed by atoms with Gasteiger partial charge in [0.05, 0.1) is 5.69 Å². The molecule has 2 N–H and O–H groups in total. The monoisotopic (exact) mass is 216 g/mol. The van der Waals surface area contributed by atoms with Gasteiger partial charge in [-0.25, -0.2) is 4.39 Å². The number of pyridine rings is 1. The van der Waals surface area contributed by atoms with Gasteiger partial charge in [-0.15, -0.1) is 0 Å². The van der Waals surface area contributed by atoms with Crippen LogP contribution < -0.4 is 5.73 Å². The van der Waals surface area contributed by atoms with Crippen LogP contribution in [0.5, 0.6) is 0 Å². The topological polar surface area (TPSA) is 38.9 Å². The highest BCUT2D eigenvalue weighted by Gasteiger charge is 2.02. The first-order valence-electron chi connectivity index (χ1n) is 5.14. The highest BCUT2D eigenvalue weighted by atomic mass is 19.1. The van der Waals surface area contributed by atoms with E-state index in [0.717, 1.165) is 16.8 Å². The first-order chi connectivity index (χ1) is 7.66. The van der Waals surface area contributed by atoms with Crippen molar-refractivity contribution in [2.75, 3.05) is 0 Å². The molecule has 16 heavy (non-hydrogen) atoms. The summed E-state index contributed by atoms with van der Waals surface area (Å²) in [6.45, 7) is 1.91. The maximum atomic E-state index is 12.7. The fraction of sp³-hybridized carbons (Fsp3) is 0.154. The SMILES string of the molecule is C[C@H](N)c1ccc(-c2ccc(F)cc2)nc1. The fourth-order valence-electron chi connectivity index (χ4n) is 1.47. The Bertz CT molecular complexity index is 460. The van der Waals surface area contributed by atoms with Crippen LogP contribution >= 0.6 is 0 Å². The molecule has 0 aliphatic rings. The zero-order valence-electron chi connectivity index (χ0n) is 9.02. The Balaban J connectivity index is 2.31. The van der Waals surface area contributed by atoms with Crippen molar-refractivity contribution in [1.82, 2.24) is 4.98 Å². The van der Waals surface area contributed by atoms with Crippen molar-refractivity contribution >= 4 is 0 Å². The summed E-state index contributed by atoms with van der Waals surface area (Å²) >= 11 is 0. The van der Waals surface area contributed by atoms with Crippen molar-refractivity contribution in [3.8, 4) is 11.3 Å². The molecule has 0 fully saturated rings. The lowest BCUT2D eigenvalue weighted by molar-refractivity contribution is 0.628. The van der Waals surface area contributed by atoms with Crippen molar-refractivity contribution in [2.45, 2.75) is 13.0 Å². The van der Waals surface area contributed by atoms with E-state index in [-0.39, 0.29) is 11.9 Å². The number of hydrogen-bond acceptors (Lipinski definition) is 2. The molecular weight excluding hydrogens is 203 g/mol. The summed E-state index contributed by atoms with van der Waals surface area (Å²) in [4.78, 5) is 4.30. The van der Waals surface area contributed by atoms with Gasteiger partial charge in [0, 0.05) is 17.8 Å². The van der Waals surface area contributed by atoms with Gasteiger partial charge in [0.15, 0.2) is 0 Å². The van der Waals surface area contributed by atoms with E-state index >= 15 is 0 Å². The Labute approximate surface area is 93.9 Å². The molecule has 2 rings (SSSR count). The van der Waals surface area contributed by atoms with Crippen LogP contribution in [0.2, 0.25) is 0 Å². The number of hydrogen-bond donors (Lipinski definition) is 1. The number of halogens is 1. The highest BCUT2D eigenvalue weighted by Crippen LogP contribution is 2.18. The molecule has 1 aromatic carbocycles. The normalized spacial score (nSPS) is 12.4. The van der Waals surface area contributed by atoms with E-state index in [2.05, 4.69) is 4.98 Å². The molecule has 0 bridgehead atoms. The van der Waals surface area contributed by atoms with Crippen LogP contribution in [-0.4, -0.2) is 4.98 Å². The Morgan fingerprint density at radius 3 is 2.31 bits per heavy atom. The zero-order chi connectivity index (χ0) is 11.5. The Morgan fingerprint density at radius 1 is 1.12 bits per heavy atom. The van der Waals surface area contributed by atoms with Crippen LogP contribution in [0.1, 0.15) is 18.5 Å². The van der Waals surface area contributed by atoms with Gasteiger partial charge >= 0.3 is 0 Å². The van der Waals surface area contributed by atoms with E-state index in [1.165, 1.54) is 12.1 Å². The van der Waals surface area contributed by atoms with Crippen molar-refractivity contribution in [3.05, 3.63) is 54.0 Å². The third-order valence-corrected chi connectivity index (χ3v) is 2.45. The van der Waals surface area contributed by atoms with Crippen LogP contribution in [-0.2, 0) is 0 Å². The molecule has 1 aromatic heterocycles. The van der Waals surface area contributed by atoms with Crippen molar-refractivity contribution in [2.24, 2.45) is 5.73 Å². The maximum absolute atomic E-state index is 12.7. The molecule has 0 unspecified atom stereocenters. The van der Waals surface area contributed by atoms with Crippen molar-refractivity contribution < 1.29 is 4.39 Å². The predicted molar refractivity (Wildman–Crippen MR) is 62.2 cm³/mol. The maximum Gasteiger partial charge on any atom is 0.123 e. The quantitative estimate of drug-likeness (QED) is 0.838. The van der Waals surface area contributed by atoms with Gasteiger partial charge in [0.25, 0.3) is 0 Å². The molecule has 2 aromatic rings. The second-order valence-electron chi connectivity index (χ2n) is 3.77. The standard InChI is InChI=1S/C13H13FN2/c1-9(15)11-4-7-13(16-8-11)10-2-5-12(14)6-3-10/h2-9H,15H2,1H3/t9-/m0/s1. The van der Waals surface area contributed by atoms with Crippen LogP contribution in [0.25, 0.3) is 11.3 Å². The van der Waals surface area contributed by atoms with E-state index in [9.17, 15) is 4.39 Å². The van der Waals surface area contributed by atoms with E-state index in [4.69, 9.17) is 5.73 Å². The number of nitrogens with two attached hydrogens (primary N) is 1. The smallest absolute Gasteiger partial charge is 0.123 e. The summed E-state index contributed by atoms with van der Waals surface area (Å²) in [5, 5.41) is 0. The second kappa shape index (κ2) is 4.41. The molecule has 82 valence electrons.